The van der Waals surface area contributed by atoms with E-state index in [0.717, 1.165) is 6.42 Å². The minimum absolute atomic E-state index is 0. The molecule has 12 heavy (non-hydrogen) atoms. The fourth-order valence-electron chi connectivity index (χ4n) is 1.42. The lowest BCUT2D eigenvalue weighted by Gasteiger charge is -2.26. The molecule has 2 atom stereocenters. The fraction of sp³-hybridized carbons (Fsp3) is 0.857. The average Bonchev–Trinajstić information content (AvgIpc) is 1.85. The van der Waals surface area contributed by atoms with E-state index in [1.807, 2.05) is 6.92 Å². The summed E-state index contributed by atoms with van der Waals surface area (Å²) in [6.45, 7) is 2.65. The first-order valence-corrected chi connectivity index (χ1v) is 3.71. The summed E-state index contributed by atoms with van der Waals surface area (Å²) in [7, 11) is 0. The van der Waals surface area contributed by atoms with Gasteiger partial charge < -0.3 is 11.1 Å². The zero-order chi connectivity index (χ0) is 7.56. The number of rotatable bonds is 1. The topological polar surface area (TPSA) is 55.1 Å². The van der Waals surface area contributed by atoms with Gasteiger partial charge in [-0.15, -0.1) is 24.8 Å². The van der Waals surface area contributed by atoms with E-state index in [2.05, 4.69) is 5.32 Å². The number of nitrogens with two attached hydrogens (primary N) is 1. The number of piperidine rings is 1. The highest BCUT2D eigenvalue weighted by Crippen LogP contribution is 2.14. The molecule has 1 amide bonds. The molecule has 1 aliphatic rings. The maximum atomic E-state index is 10.9. The predicted molar refractivity (Wildman–Crippen MR) is 53.9 cm³/mol. The Morgan fingerprint density at radius 1 is 1.58 bits per heavy atom. The molecular weight excluding hydrogens is 199 g/mol. The first-order chi connectivity index (χ1) is 4.72. The predicted octanol–water partition coefficient (Wildman–Crippen LogP) is 0.703. The van der Waals surface area contributed by atoms with Crippen LogP contribution >= 0.6 is 24.8 Å². The van der Waals surface area contributed by atoms with E-state index in [1.54, 1.807) is 0 Å². The van der Waals surface area contributed by atoms with Crippen LogP contribution in [0.5, 0.6) is 0 Å². The average molecular weight is 215 g/mol. The van der Waals surface area contributed by atoms with Crippen LogP contribution < -0.4 is 11.1 Å². The van der Waals surface area contributed by atoms with E-state index in [9.17, 15) is 4.79 Å². The summed E-state index contributed by atoms with van der Waals surface area (Å²) in [6.07, 6.45) is 1.64. The first kappa shape index (κ1) is 14.5. The molecule has 1 fully saturated rings. The molecule has 3 nitrogen and oxygen atoms in total. The maximum absolute atomic E-state index is 10.9. The standard InChI is InChI=1S/C7H14N2O.2ClH/c1-5-2-6(4-8)3-7(10)9-5;;/h5-6H,2-4,8H2,1H3,(H,9,10);2*1H. The Kier molecular flexibility index (Phi) is 7.89. The van der Waals surface area contributed by atoms with Crippen molar-refractivity contribution in [3.05, 3.63) is 0 Å². The largest absolute Gasteiger partial charge is 0.354 e. The number of carbonyl (C=O) groups is 1. The zero-order valence-electron chi connectivity index (χ0n) is 7.08. The summed E-state index contributed by atoms with van der Waals surface area (Å²) >= 11 is 0. The number of carbonyl (C=O) groups excluding carboxylic acids is 1. The van der Waals surface area contributed by atoms with Gasteiger partial charge in [-0.1, -0.05) is 0 Å². The molecule has 1 rings (SSSR count). The summed E-state index contributed by atoms with van der Waals surface area (Å²) in [5.41, 5.74) is 5.45. The van der Waals surface area contributed by atoms with Gasteiger partial charge in [-0.2, -0.15) is 0 Å². The number of amides is 1. The van der Waals surface area contributed by atoms with Crippen molar-refractivity contribution in [3.8, 4) is 0 Å². The Morgan fingerprint density at radius 3 is 2.58 bits per heavy atom. The van der Waals surface area contributed by atoms with Gasteiger partial charge in [-0.3, -0.25) is 4.79 Å². The lowest BCUT2D eigenvalue weighted by atomic mass is 9.93. The fourth-order valence-corrected chi connectivity index (χ4v) is 1.42. The van der Waals surface area contributed by atoms with Crippen LogP contribution in [0.3, 0.4) is 0 Å². The van der Waals surface area contributed by atoms with Crippen LogP contribution in [-0.4, -0.2) is 18.5 Å². The molecule has 3 N–H and O–H groups in total. The van der Waals surface area contributed by atoms with Gasteiger partial charge in [0, 0.05) is 12.5 Å². The van der Waals surface area contributed by atoms with Crippen molar-refractivity contribution < 1.29 is 4.79 Å². The van der Waals surface area contributed by atoms with Gasteiger partial charge in [0.15, 0.2) is 0 Å². The van der Waals surface area contributed by atoms with Gasteiger partial charge in [-0.05, 0) is 25.8 Å². The molecule has 0 radical (unpaired) electrons. The normalized spacial score (nSPS) is 28.0. The quantitative estimate of drug-likeness (QED) is 0.676. The Hall–Kier alpha value is 0.01000. The van der Waals surface area contributed by atoms with Gasteiger partial charge >= 0.3 is 0 Å². The number of hydrogen-bond acceptors (Lipinski definition) is 2. The van der Waals surface area contributed by atoms with Gasteiger partial charge in [-0.25, -0.2) is 0 Å². The molecule has 0 aromatic carbocycles. The van der Waals surface area contributed by atoms with E-state index >= 15 is 0 Å². The highest BCUT2D eigenvalue weighted by Gasteiger charge is 2.21. The summed E-state index contributed by atoms with van der Waals surface area (Å²) in [4.78, 5) is 10.9. The number of halogens is 2. The van der Waals surface area contributed by atoms with E-state index in [1.165, 1.54) is 0 Å². The molecule has 0 aromatic heterocycles. The van der Waals surface area contributed by atoms with Crippen LogP contribution in [0.25, 0.3) is 0 Å². The Balaban J connectivity index is 0. The van der Waals surface area contributed by atoms with Crippen LogP contribution in [0, 0.1) is 5.92 Å². The molecule has 1 heterocycles. The highest BCUT2D eigenvalue weighted by molar-refractivity contribution is 5.85. The van der Waals surface area contributed by atoms with Crippen molar-refractivity contribution in [2.45, 2.75) is 25.8 Å². The zero-order valence-corrected chi connectivity index (χ0v) is 8.71. The van der Waals surface area contributed by atoms with Gasteiger partial charge in [0.1, 0.15) is 0 Å². The van der Waals surface area contributed by atoms with E-state index in [-0.39, 0.29) is 30.7 Å². The molecule has 0 bridgehead atoms. The Morgan fingerprint density at radius 2 is 2.17 bits per heavy atom. The number of nitrogens with one attached hydrogen (secondary N) is 1. The molecule has 0 aliphatic carbocycles. The van der Waals surface area contributed by atoms with Crippen molar-refractivity contribution in [1.82, 2.24) is 5.32 Å². The van der Waals surface area contributed by atoms with Crippen molar-refractivity contribution in [3.63, 3.8) is 0 Å². The third kappa shape index (κ3) is 4.14. The molecule has 5 heteroatoms. The molecule has 2 unspecified atom stereocenters. The molecule has 74 valence electrons. The third-order valence-corrected chi connectivity index (χ3v) is 1.90. The van der Waals surface area contributed by atoms with Gasteiger partial charge in [0.2, 0.25) is 5.91 Å². The second-order valence-corrected chi connectivity index (χ2v) is 3.01. The monoisotopic (exact) mass is 214 g/mol. The molecule has 1 aliphatic heterocycles. The van der Waals surface area contributed by atoms with Gasteiger partial charge in [0.25, 0.3) is 0 Å². The van der Waals surface area contributed by atoms with Crippen molar-refractivity contribution in [2.24, 2.45) is 11.7 Å². The van der Waals surface area contributed by atoms with E-state index in [0.29, 0.717) is 24.9 Å². The third-order valence-electron chi connectivity index (χ3n) is 1.90. The summed E-state index contributed by atoms with van der Waals surface area (Å²) in [5.74, 6) is 0.554. The molecule has 0 spiro atoms. The number of hydrogen-bond donors (Lipinski definition) is 2. The summed E-state index contributed by atoms with van der Waals surface area (Å²) in [6, 6.07) is 0.315. The maximum Gasteiger partial charge on any atom is 0.220 e. The Labute approximate surface area is 85.3 Å². The van der Waals surface area contributed by atoms with Crippen molar-refractivity contribution in [2.75, 3.05) is 6.54 Å². The summed E-state index contributed by atoms with van der Waals surface area (Å²) in [5, 5.41) is 2.85. The second kappa shape index (κ2) is 6.52. The van der Waals surface area contributed by atoms with E-state index < -0.39 is 0 Å². The minimum Gasteiger partial charge on any atom is -0.354 e. The smallest absolute Gasteiger partial charge is 0.220 e. The van der Waals surface area contributed by atoms with Crippen molar-refractivity contribution in [1.29, 1.82) is 0 Å². The second-order valence-electron chi connectivity index (χ2n) is 3.01. The summed E-state index contributed by atoms with van der Waals surface area (Å²) < 4.78 is 0. The van der Waals surface area contributed by atoms with Crippen LogP contribution in [0.1, 0.15) is 19.8 Å². The van der Waals surface area contributed by atoms with Crippen LogP contribution in [-0.2, 0) is 4.79 Å². The van der Waals surface area contributed by atoms with Crippen molar-refractivity contribution >= 4 is 30.7 Å². The molecule has 1 saturated heterocycles. The molecule has 0 saturated carbocycles. The van der Waals surface area contributed by atoms with Gasteiger partial charge in [0.05, 0.1) is 0 Å². The molecular formula is C7H16Cl2N2O. The van der Waals surface area contributed by atoms with Crippen LogP contribution in [0.2, 0.25) is 0 Å². The van der Waals surface area contributed by atoms with E-state index in [4.69, 9.17) is 5.73 Å². The molecule has 0 aromatic rings. The highest BCUT2D eigenvalue weighted by atomic mass is 35.5. The van der Waals surface area contributed by atoms with Crippen LogP contribution in [0.15, 0.2) is 0 Å². The lowest BCUT2D eigenvalue weighted by Crippen LogP contribution is -2.42. The lowest BCUT2D eigenvalue weighted by molar-refractivity contribution is -0.124. The first-order valence-electron chi connectivity index (χ1n) is 3.71. The SMILES string of the molecule is CC1CC(CN)CC(=O)N1.Cl.Cl. The van der Waals surface area contributed by atoms with Crippen LogP contribution in [0.4, 0.5) is 0 Å². The Bertz CT molecular complexity index is 143. The minimum atomic E-state index is 0.